The summed E-state index contributed by atoms with van der Waals surface area (Å²) in [6.07, 6.45) is 2.56. The molecule has 2 aromatic carbocycles. The summed E-state index contributed by atoms with van der Waals surface area (Å²) in [6, 6.07) is 15.1. The van der Waals surface area contributed by atoms with Gasteiger partial charge in [-0.25, -0.2) is 4.79 Å². The molecule has 0 unspecified atom stereocenters. The van der Waals surface area contributed by atoms with Crippen molar-refractivity contribution < 1.29 is 14.3 Å². The molecule has 0 bridgehead atoms. The largest absolute Gasteiger partial charge is 0.493 e. The van der Waals surface area contributed by atoms with Gasteiger partial charge in [-0.15, -0.1) is 0 Å². The summed E-state index contributed by atoms with van der Waals surface area (Å²) in [5.41, 5.74) is 2.40. The van der Waals surface area contributed by atoms with Gasteiger partial charge in [-0.05, 0) is 55.2 Å². The van der Waals surface area contributed by atoms with Crippen LogP contribution in [0, 0.1) is 5.92 Å². The highest BCUT2D eigenvalue weighted by atomic mass is 16.5. The van der Waals surface area contributed by atoms with Gasteiger partial charge < -0.3 is 14.8 Å². The smallest absolute Gasteiger partial charge is 0.337 e. The summed E-state index contributed by atoms with van der Waals surface area (Å²) in [7, 11) is 1.38. The third-order valence-corrected chi connectivity index (χ3v) is 3.61. The first-order valence-electron chi connectivity index (χ1n) is 7.43. The lowest BCUT2D eigenvalue weighted by Gasteiger charge is -2.10. The number of benzene rings is 2. The number of hydrogen-bond acceptors (Lipinski definition) is 4. The van der Waals surface area contributed by atoms with Crippen molar-refractivity contribution in [2.45, 2.75) is 12.8 Å². The molecule has 1 N–H and O–H groups in total. The average molecular weight is 297 g/mol. The zero-order valence-electron chi connectivity index (χ0n) is 12.5. The molecule has 22 heavy (non-hydrogen) atoms. The first-order valence-corrected chi connectivity index (χ1v) is 7.43. The third kappa shape index (κ3) is 3.79. The van der Waals surface area contributed by atoms with Gasteiger partial charge >= 0.3 is 5.97 Å². The van der Waals surface area contributed by atoms with Crippen LogP contribution in [0.25, 0.3) is 0 Å². The molecule has 0 spiro atoms. The first kappa shape index (κ1) is 14.4. The number of hydrogen-bond donors (Lipinski definition) is 1. The zero-order valence-corrected chi connectivity index (χ0v) is 12.5. The van der Waals surface area contributed by atoms with Gasteiger partial charge in [-0.2, -0.15) is 0 Å². The molecule has 0 aromatic heterocycles. The van der Waals surface area contributed by atoms with Crippen molar-refractivity contribution in [1.29, 1.82) is 0 Å². The molecule has 0 aliphatic heterocycles. The molecule has 0 saturated heterocycles. The fourth-order valence-corrected chi connectivity index (χ4v) is 2.14. The molecule has 2 aromatic rings. The minimum atomic E-state index is -0.331. The first-order chi connectivity index (χ1) is 10.7. The van der Waals surface area contributed by atoms with Gasteiger partial charge in [0, 0.05) is 17.4 Å². The standard InChI is InChI=1S/C18H19NO3/c1-21-18(20)14-7-9-15(10-8-14)19-16-3-2-4-17(11-16)22-12-13-5-6-13/h2-4,7-11,13,19H,5-6,12H2,1H3. The Morgan fingerprint density at radius 2 is 1.91 bits per heavy atom. The van der Waals surface area contributed by atoms with E-state index in [0.717, 1.165) is 29.6 Å². The maximum absolute atomic E-state index is 11.4. The number of carbonyl (C=O) groups is 1. The quantitative estimate of drug-likeness (QED) is 0.819. The van der Waals surface area contributed by atoms with Crippen LogP contribution in [0.1, 0.15) is 23.2 Å². The Labute approximate surface area is 130 Å². The summed E-state index contributed by atoms with van der Waals surface area (Å²) in [5, 5.41) is 3.30. The van der Waals surface area contributed by atoms with Crippen molar-refractivity contribution in [3.8, 4) is 5.75 Å². The number of nitrogens with one attached hydrogen (secondary N) is 1. The predicted molar refractivity (Wildman–Crippen MR) is 85.7 cm³/mol. The van der Waals surface area contributed by atoms with Crippen LogP contribution in [-0.2, 0) is 4.74 Å². The number of rotatable bonds is 6. The van der Waals surface area contributed by atoms with Crippen LogP contribution >= 0.6 is 0 Å². The molecule has 4 heteroatoms. The Kier molecular flexibility index (Phi) is 4.28. The van der Waals surface area contributed by atoms with Gasteiger partial charge in [0.05, 0.1) is 19.3 Å². The van der Waals surface area contributed by atoms with Crippen LogP contribution in [0.5, 0.6) is 5.75 Å². The highest BCUT2D eigenvalue weighted by Gasteiger charge is 2.21. The fourth-order valence-electron chi connectivity index (χ4n) is 2.14. The summed E-state index contributed by atoms with van der Waals surface area (Å²) >= 11 is 0. The molecule has 1 saturated carbocycles. The van der Waals surface area contributed by atoms with Crippen molar-refractivity contribution in [1.82, 2.24) is 0 Å². The van der Waals surface area contributed by atoms with Crippen LogP contribution in [0.4, 0.5) is 11.4 Å². The Morgan fingerprint density at radius 1 is 1.14 bits per heavy atom. The summed E-state index contributed by atoms with van der Waals surface area (Å²) in [5.74, 6) is 1.28. The predicted octanol–water partition coefficient (Wildman–Crippen LogP) is 4.01. The van der Waals surface area contributed by atoms with Gasteiger partial charge in [0.2, 0.25) is 0 Å². The van der Waals surface area contributed by atoms with Crippen LogP contribution in [0.3, 0.4) is 0 Å². The van der Waals surface area contributed by atoms with Crippen molar-refractivity contribution >= 4 is 17.3 Å². The second-order valence-corrected chi connectivity index (χ2v) is 5.48. The SMILES string of the molecule is COC(=O)c1ccc(Nc2cccc(OCC3CC3)c2)cc1. The van der Waals surface area contributed by atoms with E-state index >= 15 is 0 Å². The van der Waals surface area contributed by atoms with Gasteiger partial charge in [0.1, 0.15) is 5.75 Å². The lowest BCUT2D eigenvalue weighted by molar-refractivity contribution is 0.0601. The third-order valence-electron chi connectivity index (χ3n) is 3.61. The number of carbonyl (C=O) groups excluding carboxylic acids is 1. The van der Waals surface area contributed by atoms with E-state index in [2.05, 4.69) is 10.1 Å². The Morgan fingerprint density at radius 3 is 2.59 bits per heavy atom. The topological polar surface area (TPSA) is 47.6 Å². The van der Waals surface area contributed by atoms with Crippen LogP contribution in [-0.4, -0.2) is 19.7 Å². The summed E-state index contributed by atoms with van der Waals surface area (Å²) in [6.45, 7) is 0.803. The zero-order chi connectivity index (χ0) is 15.4. The monoisotopic (exact) mass is 297 g/mol. The molecule has 4 nitrogen and oxygen atoms in total. The maximum atomic E-state index is 11.4. The van der Waals surface area contributed by atoms with E-state index in [1.54, 1.807) is 12.1 Å². The van der Waals surface area contributed by atoms with Crippen molar-refractivity contribution in [3.63, 3.8) is 0 Å². The average Bonchev–Trinajstić information content (AvgIpc) is 3.38. The minimum absolute atomic E-state index is 0.331. The van der Waals surface area contributed by atoms with Crippen molar-refractivity contribution in [3.05, 3.63) is 54.1 Å². The molecule has 0 amide bonds. The number of methoxy groups -OCH3 is 1. The molecule has 0 radical (unpaired) electrons. The highest BCUT2D eigenvalue weighted by molar-refractivity contribution is 5.89. The normalized spacial score (nSPS) is 13.5. The van der Waals surface area contributed by atoms with E-state index in [0.29, 0.717) is 5.56 Å². The molecule has 0 atom stereocenters. The Balaban J connectivity index is 1.64. The van der Waals surface area contributed by atoms with Gasteiger partial charge in [-0.1, -0.05) is 6.07 Å². The minimum Gasteiger partial charge on any atom is -0.493 e. The van der Waals surface area contributed by atoms with Crippen molar-refractivity contribution in [2.24, 2.45) is 5.92 Å². The summed E-state index contributed by atoms with van der Waals surface area (Å²) < 4.78 is 10.5. The van der Waals surface area contributed by atoms with E-state index < -0.39 is 0 Å². The lowest BCUT2D eigenvalue weighted by Crippen LogP contribution is -2.01. The highest BCUT2D eigenvalue weighted by Crippen LogP contribution is 2.30. The Hall–Kier alpha value is -2.49. The number of anilines is 2. The molecule has 1 aliphatic carbocycles. The second kappa shape index (κ2) is 6.52. The molecule has 3 rings (SSSR count). The van der Waals surface area contributed by atoms with E-state index in [-0.39, 0.29) is 5.97 Å². The van der Waals surface area contributed by atoms with E-state index in [1.165, 1.54) is 20.0 Å². The number of ether oxygens (including phenoxy) is 2. The number of esters is 1. The van der Waals surface area contributed by atoms with Gasteiger partial charge in [0.15, 0.2) is 0 Å². The van der Waals surface area contributed by atoms with Crippen LogP contribution in [0.2, 0.25) is 0 Å². The van der Waals surface area contributed by atoms with Gasteiger partial charge in [0.25, 0.3) is 0 Å². The van der Waals surface area contributed by atoms with E-state index in [1.807, 2.05) is 36.4 Å². The fraction of sp³-hybridized carbons (Fsp3) is 0.278. The van der Waals surface area contributed by atoms with E-state index in [9.17, 15) is 4.79 Å². The second-order valence-electron chi connectivity index (χ2n) is 5.48. The molecular formula is C18H19NO3. The molecular weight excluding hydrogens is 278 g/mol. The van der Waals surface area contributed by atoms with Crippen molar-refractivity contribution in [2.75, 3.05) is 19.0 Å². The van der Waals surface area contributed by atoms with E-state index in [4.69, 9.17) is 4.74 Å². The molecule has 1 aliphatic rings. The summed E-state index contributed by atoms with van der Waals surface area (Å²) in [4.78, 5) is 11.4. The van der Waals surface area contributed by atoms with Gasteiger partial charge in [-0.3, -0.25) is 0 Å². The molecule has 114 valence electrons. The Bertz CT molecular complexity index is 648. The molecule has 0 heterocycles. The maximum Gasteiger partial charge on any atom is 0.337 e. The van der Waals surface area contributed by atoms with Crippen LogP contribution < -0.4 is 10.1 Å². The van der Waals surface area contributed by atoms with Crippen LogP contribution in [0.15, 0.2) is 48.5 Å². The lowest BCUT2D eigenvalue weighted by atomic mass is 10.2. The molecule has 1 fully saturated rings.